The van der Waals surface area contributed by atoms with Crippen LogP contribution in [0, 0.1) is 0 Å². The molecule has 7 nitrogen and oxygen atoms in total. The maximum absolute atomic E-state index is 13.4. The van der Waals surface area contributed by atoms with Crippen LogP contribution in [0.2, 0.25) is 0 Å². The molecule has 0 saturated carbocycles. The molecule has 0 aliphatic heterocycles. The Labute approximate surface area is 205 Å². The van der Waals surface area contributed by atoms with Gasteiger partial charge in [-0.2, -0.15) is 4.72 Å². The number of fused-ring (bicyclic) bond motifs is 1. The predicted molar refractivity (Wildman–Crippen MR) is 139 cm³/mol. The second-order valence-electron chi connectivity index (χ2n) is 8.47. The first-order valence-corrected chi connectivity index (χ1v) is 12.8. The molecule has 2 N–H and O–H groups in total. The number of sulfonamides is 1. The second kappa shape index (κ2) is 10.7. The van der Waals surface area contributed by atoms with Gasteiger partial charge >= 0.3 is 0 Å². The monoisotopic (exact) mass is 488 g/mol. The van der Waals surface area contributed by atoms with Crippen molar-refractivity contribution in [3.63, 3.8) is 0 Å². The first-order valence-electron chi connectivity index (χ1n) is 11.3. The average molecular weight is 489 g/mol. The molecule has 0 bridgehead atoms. The maximum Gasteiger partial charge on any atom is 0.243 e. The molecular weight excluding hydrogens is 460 g/mol. The molecular formula is C27H28N4O3S. The van der Waals surface area contributed by atoms with E-state index in [9.17, 15) is 13.2 Å². The number of hydrogen-bond donors (Lipinski definition) is 2. The summed E-state index contributed by atoms with van der Waals surface area (Å²) in [4.78, 5) is 19.5. The van der Waals surface area contributed by atoms with E-state index in [0.717, 1.165) is 16.8 Å². The molecule has 1 atom stereocenters. The smallest absolute Gasteiger partial charge is 0.243 e. The Morgan fingerprint density at radius 3 is 2.31 bits per heavy atom. The molecule has 0 fully saturated rings. The van der Waals surface area contributed by atoms with Crippen molar-refractivity contribution in [2.45, 2.75) is 23.9 Å². The number of rotatable bonds is 9. The summed E-state index contributed by atoms with van der Waals surface area (Å²) < 4.78 is 29.4. The third-order valence-corrected chi connectivity index (χ3v) is 7.20. The highest BCUT2D eigenvalue weighted by Gasteiger charge is 2.27. The van der Waals surface area contributed by atoms with Gasteiger partial charge in [-0.1, -0.05) is 60.7 Å². The van der Waals surface area contributed by atoms with Gasteiger partial charge in [-0.15, -0.1) is 0 Å². The fourth-order valence-electron chi connectivity index (χ4n) is 3.81. The fraction of sp³-hybridized carbons (Fsp3) is 0.185. The van der Waals surface area contributed by atoms with Crippen LogP contribution in [0.4, 0.5) is 5.69 Å². The van der Waals surface area contributed by atoms with Crippen LogP contribution in [0.25, 0.3) is 10.9 Å². The van der Waals surface area contributed by atoms with Crippen LogP contribution in [0.3, 0.4) is 0 Å². The fourth-order valence-corrected chi connectivity index (χ4v) is 5.18. The minimum atomic E-state index is -4.03. The largest absolute Gasteiger partial charge is 0.378 e. The highest BCUT2D eigenvalue weighted by Crippen LogP contribution is 2.21. The van der Waals surface area contributed by atoms with Gasteiger partial charge in [0, 0.05) is 37.9 Å². The van der Waals surface area contributed by atoms with Crippen molar-refractivity contribution in [1.29, 1.82) is 0 Å². The van der Waals surface area contributed by atoms with Crippen LogP contribution in [-0.4, -0.2) is 39.4 Å². The van der Waals surface area contributed by atoms with E-state index < -0.39 is 22.0 Å². The van der Waals surface area contributed by atoms with Crippen molar-refractivity contribution in [2.24, 2.45) is 0 Å². The zero-order valence-corrected chi connectivity index (χ0v) is 20.5. The highest BCUT2D eigenvalue weighted by molar-refractivity contribution is 7.89. The van der Waals surface area contributed by atoms with Gasteiger partial charge < -0.3 is 10.2 Å². The summed E-state index contributed by atoms with van der Waals surface area (Å²) in [5.74, 6) is -0.401. The Morgan fingerprint density at radius 2 is 1.60 bits per heavy atom. The summed E-state index contributed by atoms with van der Waals surface area (Å²) in [6, 6.07) is 24.7. The minimum Gasteiger partial charge on any atom is -0.378 e. The van der Waals surface area contributed by atoms with E-state index >= 15 is 0 Å². The SMILES string of the molecule is CN(C)c1ccc(CNC(=O)C(Cc2ccccc2)NS(=O)(=O)c2cccc3cccnc23)cc1. The van der Waals surface area contributed by atoms with Gasteiger partial charge in [-0.3, -0.25) is 9.78 Å². The normalized spacial score (nSPS) is 12.3. The molecule has 0 radical (unpaired) electrons. The number of aromatic nitrogens is 1. The lowest BCUT2D eigenvalue weighted by Crippen LogP contribution is -2.47. The lowest BCUT2D eigenvalue weighted by Gasteiger charge is -2.19. The average Bonchev–Trinajstić information content (AvgIpc) is 2.87. The van der Waals surface area contributed by atoms with E-state index in [1.54, 1.807) is 30.5 Å². The Hall–Kier alpha value is -3.75. The molecule has 0 aliphatic carbocycles. The van der Waals surface area contributed by atoms with Crippen molar-refractivity contribution in [3.8, 4) is 0 Å². The second-order valence-corrected chi connectivity index (χ2v) is 10.2. The molecule has 1 aromatic heterocycles. The van der Waals surface area contributed by atoms with Gasteiger partial charge in [0.2, 0.25) is 15.9 Å². The summed E-state index contributed by atoms with van der Waals surface area (Å²) in [6.07, 6.45) is 1.76. The van der Waals surface area contributed by atoms with E-state index in [4.69, 9.17) is 0 Å². The van der Waals surface area contributed by atoms with Gasteiger partial charge in [0.25, 0.3) is 0 Å². The van der Waals surface area contributed by atoms with Crippen LogP contribution >= 0.6 is 0 Å². The number of hydrogen-bond acceptors (Lipinski definition) is 5. The zero-order chi connectivity index (χ0) is 24.8. The molecule has 1 heterocycles. The van der Waals surface area contributed by atoms with Crippen molar-refractivity contribution >= 4 is 32.5 Å². The van der Waals surface area contributed by atoms with Crippen LogP contribution in [0.5, 0.6) is 0 Å². The third-order valence-electron chi connectivity index (χ3n) is 5.70. The molecule has 4 aromatic rings. The molecule has 3 aromatic carbocycles. The summed E-state index contributed by atoms with van der Waals surface area (Å²) in [5, 5.41) is 3.59. The molecule has 0 aliphatic rings. The van der Waals surface area contributed by atoms with E-state index in [1.165, 1.54) is 6.07 Å². The van der Waals surface area contributed by atoms with Gasteiger partial charge in [-0.05, 0) is 41.8 Å². The van der Waals surface area contributed by atoms with E-state index in [0.29, 0.717) is 10.9 Å². The lowest BCUT2D eigenvalue weighted by molar-refractivity contribution is -0.122. The number of nitrogens with zero attached hydrogens (tertiary/aromatic N) is 2. The zero-order valence-electron chi connectivity index (χ0n) is 19.7. The standard InChI is InChI=1S/C27H28N4O3S/c1-31(2)23-15-13-21(14-16-23)19-29-27(32)24(18-20-8-4-3-5-9-20)30-35(33,34)25-12-6-10-22-11-7-17-28-26(22)25/h3-17,24,30H,18-19H2,1-2H3,(H,29,32). The number of amides is 1. The van der Waals surface area contributed by atoms with Gasteiger partial charge in [0.05, 0.1) is 5.52 Å². The minimum absolute atomic E-state index is 0.0423. The summed E-state index contributed by atoms with van der Waals surface area (Å²) >= 11 is 0. The van der Waals surface area contributed by atoms with Crippen molar-refractivity contribution < 1.29 is 13.2 Å². The van der Waals surface area contributed by atoms with Crippen molar-refractivity contribution in [2.75, 3.05) is 19.0 Å². The number of pyridine rings is 1. The molecule has 1 amide bonds. The van der Waals surface area contributed by atoms with Crippen LogP contribution in [0.1, 0.15) is 11.1 Å². The van der Waals surface area contributed by atoms with Gasteiger partial charge in [0.15, 0.2) is 0 Å². The first-order chi connectivity index (χ1) is 16.8. The van der Waals surface area contributed by atoms with Crippen LogP contribution < -0.4 is 14.9 Å². The van der Waals surface area contributed by atoms with Crippen LogP contribution in [0.15, 0.2) is 96.0 Å². The topological polar surface area (TPSA) is 91.4 Å². The molecule has 0 spiro atoms. The number of anilines is 1. The molecule has 180 valence electrons. The molecule has 8 heteroatoms. The Bertz CT molecular complexity index is 1400. The number of benzene rings is 3. The highest BCUT2D eigenvalue weighted by atomic mass is 32.2. The number of carbonyl (C=O) groups excluding carboxylic acids is 1. The Kier molecular flexibility index (Phi) is 7.43. The van der Waals surface area contributed by atoms with Gasteiger partial charge in [0.1, 0.15) is 10.9 Å². The van der Waals surface area contributed by atoms with Crippen molar-refractivity contribution in [3.05, 3.63) is 102 Å². The Balaban J connectivity index is 1.56. The molecule has 1 unspecified atom stereocenters. The Morgan fingerprint density at radius 1 is 0.886 bits per heavy atom. The molecule has 4 rings (SSSR count). The summed E-state index contributed by atoms with van der Waals surface area (Å²) in [5.41, 5.74) is 3.19. The maximum atomic E-state index is 13.4. The van der Waals surface area contributed by atoms with E-state index in [2.05, 4.69) is 15.0 Å². The quantitative estimate of drug-likeness (QED) is 0.376. The predicted octanol–water partition coefficient (Wildman–Crippen LogP) is 3.51. The third kappa shape index (κ3) is 6.03. The van der Waals surface area contributed by atoms with E-state index in [1.807, 2.05) is 73.6 Å². The number of para-hydroxylation sites is 1. The summed E-state index contributed by atoms with van der Waals surface area (Å²) in [7, 11) is -0.106. The molecule has 0 saturated heterocycles. The lowest BCUT2D eigenvalue weighted by atomic mass is 10.1. The van der Waals surface area contributed by atoms with E-state index in [-0.39, 0.29) is 17.9 Å². The first kappa shape index (κ1) is 24.4. The van der Waals surface area contributed by atoms with Crippen LogP contribution in [-0.2, 0) is 27.8 Å². The van der Waals surface area contributed by atoms with Crippen molar-refractivity contribution in [1.82, 2.24) is 15.0 Å². The molecule has 35 heavy (non-hydrogen) atoms. The number of nitrogens with one attached hydrogen (secondary N) is 2. The number of carbonyl (C=O) groups is 1. The van der Waals surface area contributed by atoms with Gasteiger partial charge in [-0.25, -0.2) is 8.42 Å². The summed E-state index contributed by atoms with van der Waals surface area (Å²) in [6.45, 7) is 0.287.